The van der Waals surface area contributed by atoms with Gasteiger partial charge in [0.2, 0.25) is 0 Å². The van der Waals surface area contributed by atoms with Crippen LogP contribution in [0.1, 0.15) is 28.2 Å². The number of rotatable bonds is 4. The van der Waals surface area contributed by atoms with Gasteiger partial charge in [0.25, 0.3) is 0 Å². The van der Waals surface area contributed by atoms with E-state index in [9.17, 15) is 0 Å². The lowest BCUT2D eigenvalue weighted by molar-refractivity contribution is 0.727. The van der Waals surface area contributed by atoms with E-state index in [4.69, 9.17) is 5.73 Å². The molecule has 2 N–H and O–H groups in total. The second-order valence-corrected chi connectivity index (χ2v) is 6.84. The number of hydrogen-bond donors (Lipinski definition) is 1. The number of aryl methyl sites for hydroxylation is 2. The normalized spacial score (nSPS) is 14.4. The van der Waals surface area contributed by atoms with Gasteiger partial charge in [-0.2, -0.15) is 0 Å². The summed E-state index contributed by atoms with van der Waals surface area (Å²) < 4.78 is 0. The zero-order chi connectivity index (χ0) is 13.1. The number of hydrogen-bond acceptors (Lipinski definition) is 3. The van der Waals surface area contributed by atoms with E-state index in [1.54, 1.807) is 0 Å². The Labute approximate surface area is 117 Å². The van der Waals surface area contributed by atoms with Crippen molar-refractivity contribution in [3.8, 4) is 0 Å². The van der Waals surface area contributed by atoms with Gasteiger partial charge in [-0.3, -0.25) is 0 Å². The standard InChI is InChI=1S/C15H19NS2/c1-10-4-6-13(7-5-10)18-15(12(3)16)14-11(2)8-9-17-14/h4-9,12,15H,16H2,1-3H3. The molecule has 96 valence electrons. The van der Waals surface area contributed by atoms with E-state index in [1.807, 2.05) is 23.1 Å². The van der Waals surface area contributed by atoms with Gasteiger partial charge in [0, 0.05) is 15.8 Å². The van der Waals surface area contributed by atoms with E-state index in [1.165, 1.54) is 20.9 Å². The molecule has 0 aliphatic rings. The minimum Gasteiger partial charge on any atom is -0.327 e. The molecular weight excluding hydrogens is 258 g/mol. The lowest BCUT2D eigenvalue weighted by Gasteiger charge is -2.20. The molecule has 2 aromatic rings. The maximum Gasteiger partial charge on any atom is 0.0589 e. The van der Waals surface area contributed by atoms with Crippen LogP contribution in [0.25, 0.3) is 0 Å². The van der Waals surface area contributed by atoms with Crippen LogP contribution in [0, 0.1) is 13.8 Å². The van der Waals surface area contributed by atoms with Gasteiger partial charge in [-0.25, -0.2) is 0 Å². The van der Waals surface area contributed by atoms with Crippen molar-refractivity contribution < 1.29 is 0 Å². The quantitative estimate of drug-likeness (QED) is 0.830. The fourth-order valence-corrected chi connectivity index (χ4v) is 4.27. The zero-order valence-electron chi connectivity index (χ0n) is 11.0. The van der Waals surface area contributed by atoms with Gasteiger partial charge in [0.1, 0.15) is 0 Å². The highest BCUT2D eigenvalue weighted by Gasteiger charge is 2.20. The summed E-state index contributed by atoms with van der Waals surface area (Å²) in [5, 5.41) is 2.49. The van der Waals surface area contributed by atoms with Crippen molar-refractivity contribution in [2.75, 3.05) is 0 Å². The maximum absolute atomic E-state index is 6.16. The second-order valence-electron chi connectivity index (χ2n) is 4.68. The molecule has 0 fully saturated rings. The molecule has 2 unspecified atom stereocenters. The van der Waals surface area contributed by atoms with Gasteiger partial charge in [-0.05, 0) is 49.9 Å². The van der Waals surface area contributed by atoms with Gasteiger partial charge in [-0.15, -0.1) is 23.1 Å². The average Bonchev–Trinajstić information content (AvgIpc) is 2.74. The Morgan fingerprint density at radius 3 is 2.28 bits per heavy atom. The molecule has 3 heteroatoms. The number of benzene rings is 1. The molecule has 0 bridgehead atoms. The first-order valence-electron chi connectivity index (χ1n) is 6.11. The molecule has 0 saturated carbocycles. The van der Waals surface area contributed by atoms with Gasteiger partial charge in [0.15, 0.2) is 0 Å². The highest BCUT2D eigenvalue weighted by molar-refractivity contribution is 7.99. The predicted molar refractivity (Wildman–Crippen MR) is 82.5 cm³/mol. The van der Waals surface area contributed by atoms with Gasteiger partial charge >= 0.3 is 0 Å². The molecule has 1 nitrogen and oxygen atoms in total. The molecule has 1 aromatic heterocycles. The fraction of sp³-hybridized carbons (Fsp3) is 0.333. The highest BCUT2D eigenvalue weighted by atomic mass is 32.2. The van der Waals surface area contributed by atoms with Crippen molar-refractivity contribution in [1.82, 2.24) is 0 Å². The van der Waals surface area contributed by atoms with Crippen molar-refractivity contribution in [2.45, 2.75) is 37.0 Å². The summed E-state index contributed by atoms with van der Waals surface area (Å²) in [6.45, 7) is 6.36. The van der Waals surface area contributed by atoms with Crippen LogP contribution in [0.3, 0.4) is 0 Å². The molecule has 18 heavy (non-hydrogen) atoms. The van der Waals surface area contributed by atoms with Crippen LogP contribution >= 0.6 is 23.1 Å². The summed E-state index contributed by atoms with van der Waals surface area (Å²) in [5.74, 6) is 0. The molecule has 0 spiro atoms. The van der Waals surface area contributed by atoms with E-state index in [0.29, 0.717) is 5.25 Å². The van der Waals surface area contributed by atoms with Crippen LogP contribution in [0.5, 0.6) is 0 Å². The second kappa shape index (κ2) is 5.91. The molecule has 0 aliphatic heterocycles. The summed E-state index contributed by atoms with van der Waals surface area (Å²) in [7, 11) is 0. The van der Waals surface area contributed by atoms with E-state index in [-0.39, 0.29) is 6.04 Å². The Hall–Kier alpha value is -0.770. The topological polar surface area (TPSA) is 26.0 Å². The van der Waals surface area contributed by atoms with Crippen molar-refractivity contribution in [1.29, 1.82) is 0 Å². The van der Waals surface area contributed by atoms with E-state index in [2.05, 4.69) is 56.5 Å². The Kier molecular flexibility index (Phi) is 4.49. The number of thioether (sulfide) groups is 1. The Balaban J connectivity index is 2.22. The summed E-state index contributed by atoms with van der Waals surface area (Å²) >= 11 is 3.67. The van der Waals surface area contributed by atoms with Gasteiger partial charge in [-0.1, -0.05) is 17.7 Å². The van der Waals surface area contributed by atoms with E-state index in [0.717, 1.165) is 0 Å². The average molecular weight is 277 g/mol. The van der Waals surface area contributed by atoms with E-state index >= 15 is 0 Å². The first kappa shape index (κ1) is 13.7. The van der Waals surface area contributed by atoms with Crippen LogP contribution in [0.15, 0.2) is 40.6 Å². The highest BCUT2D eigenvalue weighted by Crippen LogP contribution is 2.40. The van der Waals surface area contributed by atoms with Crippen LogP contribution in [-0.2, 0) is 0 Å². The van der Waals surface area contributed by atoms with Crippen molar-refractivity contribution in [3.63, 3.8) is 0 Å². The van der Waals surface area contributed by atoms with Crippen molar-refractivity contribution >= 4 is 23.1 Å². The third kappa shape index (κ3) is 3.16. The Morgan fingerprint density at radius 1 is 1.11 bits per heavy atom. The largest absolute Gasteiger partial charge is 0.327 e. The zero-order valence-corrected chi connectivity index (χ0v) is 12.6. The van der Waals surface area contributed by atoms with Crippen LogP contribution in [-0.4, -0.2) is 6.04 Å². The molecule has 0 saturated heterocycles. The van der Waals surface area contributed by atoms with Crippen molar-refractivity contribution in [3.05, 3.63) is 51.7 Å². The van der Waals surface area contributed by atoms with Crippen molar-refractivity contribution in [2.24, 2.45) is 5.73 Å². The first-order valence-corrected chi connectivity index (χ1v) is 7.87. The summed E-state index contributed by atoms with van der Waals surface area (Å²) in [6.07, 6.45) is 0. The number of thiophene rings is 1. The first-order chi connectivity index (χ1) is 8.58. The molecule has 1 heterocycles. The minimum absolute atomic E-state index is 0.147. The molecule has 0 aliphatic carbocycles. The lowest BCUT2D eigenvalue weighted by Crippen LogP contribution is -2.22. The molecule has 0 radical (unpaired) electrons. The monoisotopic (exact) mass is 277 g/mol. The number of nitrogens with two attached hydrogens (primary N) is 1. The Bertz CT molecular complexity index is 499. The Morgan fingerprint density at radius 2 is 1.78 bits per heavy atom. The fourth-order valence-electron chi connectivity index (χ4n) is 1.84. The third-order valence-electron chi connectivity index (χ3n) is 2.92. The molecular formula is C15H19NS2. The van der Waals surface area contributed by atoms with Gasteiger partial charge < -0.3 is 5.73 Å². The summed E-state index contributed by atoms with van der Waals surface area (Å²) in [4.78, 5) is 2.69. The lowest BCUT2D eigenvalue weighted by atomic mass is 10.1. The van der Waals surface area contributed by atoms with Crippen LogP contribution in [0.4, 0.5) is 0 Å². The smallest absolute Gasteiger partial charge is 0.0589 e. The van der Waals surface area contributed by atoms with Crippen LogP contribution < -0.4 is 5.73 Å². The maximum atomic E-state index is 6.16. The van der Waals surface area contributed by atoms with Gasteiger partial charge in [0.05, 0.1) is 5.25 Å². The predicted octanol–water partition coefficient (Wildman–Crippen LogP) is 4.55. The third-order valence-corrected chi connectivity index (χ3v) is 5.64. The molecule has 1 aromatic carbocycles. The summed E-state index contributed by atoms with van der Waals surface area (Å²) in [5.41, 5.74) is 8.80. The van der Waals surface area contributed by atoms with Crippen LogP contribution in [0.2, 0.25) is 0 Å². The van der Waals surface area contributed by atoms with E-state index < -0.39 is 0 Å². The molecule has 2 rings (SSSR count). The minimum atomic E-state index is 0.147. The summed E-state index contributed by atoms with van der Waals surface area (Å²) in [6, 6.07) is 11.0. The molecule has 0 amide bonds. The molecule has 2 atom stereocenters. The SMILES string of the molecule is Cc1ccc(SC(c2sccc2C)C(C)N)cc1.